The number of thioether (sulfide) groups is 1. The summed E-state index contributed by atoms with van der Waals surface area (Å²) in [6.45, 7) is 3.33. The summed E-state index contributed by atoms with van der Waals surface area (Å²) in [6, 6.07) is -1.32. The fourth-order valence-electron chi connectivity index (χ4n) is 1.93. The highest BCUT2D eigenvalue weighted by Crippen LogP contribution is 2.30. The minimum absolute atomic E-state index is 0.0716. The number of halogens is 3. The molecule has 110 valence electrons. The van der Waals surface area contributed by atoms with Crippen LogP contribution in [-0.2, 0) is 9.59 Å². The standard InChI is InChI=1S/C11H17F3N2O2S/c1-3-4-8-10(18)16(7(2)9(17)15-8)5-6-19-11(12,13)14/h7-8H,3-6H2,1-2H3,(H,15,17). The van der Waals surface area contributed by atoms with Crippen LogP contribution in [0.3, 0.4) is 0 Å². The van der Waals surface area contributed by atoms with Crippen molar-refractivity contribution in [2.45, 2.75) is 44.3 Å². The third-order valence-corrected chi connectivity index (χ3v) is 3.63. The van der Waals surface area contributed by atoms with E-state index < -0.39 is 17.6 Å². The number of carbonyl (C=O) groups is 2. The molecule has 0 spiro atoms. The van der Waals surface area contributed by atoms with Gasteiger partial charge in [-0.2, -0.15) is 13.2 Å². The molecule has 19 heavy (non-hydrogen) atoms. The summed E-state index contributed by atoms with van der Waals surface area (Å²) < 4.78 is 36.2. The maximum Gasteiger partial charge on any atom is 0.441 e. The Hall–Kier alpha value is -0.920. The van der Waals surface area contributed by atoms with Crippen LogP contribution in [0.5, 0.6) is 0 Å². The van der Waals surface area contributed by atoms with E-state index in [1.54, 1.807) is 0 Å². The van der Waals surface area contributed by atoms with Crippen molar-refractivity contribution < 1.29 is 22.8 Å². The number of hydrogen-bond acceptors (Lipinski definition) is 3. The first kappa shape index (κ1) is 16.1. The van der Waals surface area contributed by atoms with Gasteiger partial charge in [0.1, 0.15) is 12.1 Å². The average molecular weight is 298 g/mol. The van der Waals surface area contributed by atoms with Gasteiger partial charge in [-0.05, 0) is 25.1 Å². The van der Waals surface area contributed by atoms with Crippen LogP contribution < -0.4 is 5.32 Å². The molecule has 0 aromatic carbocycles. The van der Waals surface area contributed by atoms with Gasteiger partial charge in [0, 0.05) is 12.3 Å². The van der Waals surface area contributed by atoms with Crippen LogP contribution in [0.25, 0.3) is 0 Å². The zero-order valence-electron chi connectivity index (χ0n) is 10.8. The minimum Gasteiger partial charge on any atom is -0.343 e. The topological polar surface area (TPSA) is 49.4 Å². The highest BCUT2D eigenvalue weighted by Gasteiger charge is 2.38. The second-order valence-electron chi connectivity index (χ2n) is 4.35. The molecule has 2 atom stereocenters. The molecule has 0 aromatic rings. The van der Waals surface area contributed by atoms with Gasteiger partial charge in [-0.25, -0.2) is 0 Å². The van der Waals surface area contributed by atoms with E-state index in [4.69, 9.17) is 0 Å². The molecule has 1 N–H and O–H groups in total. The Morgan fingerprint density at radius 3 is 2.53 bits per heavy atom. The normalized spacial score (nSPS) is 24.6. The van der Waals surface area contributed by atoms with Crippen LogP contribution >= 0.6 is 11.8 Å². The van der Waals surface area contributed by atoms with Crippen molar-refractivity contribution in [2.24, 2.45) is 0 Å². The van der Waals surface area contributed by atoms with Gasteiger partial charge in [0.2, 0.25) is 11.8 Å². The lowest BCUT2D eigenvalue weighted by atomic mass is 10.0. The SMILES string of the molecule is CCCC1NC(=O)C(C)N(CCSC(F)(F)F)C1=O. The van der Waals surface area contributed by atoms with Crippen molar-refractivity contribution in [3.8, 4) is 0 Å². The fraction of sp³-hybridized carbons (Fsp3) is 0.818. The van der Waals surface area contributed by atoms with Crippen LogP contribution in [0.1, 0.15) is 26.7 Å². The third-order valence-electron chi connectivity index (χ3n) is 2.92. The molecule has 1 aliphatic rings. The Kier molecular flexibility index (Phi) is 5.51. The lowest BCUT2D eigenvalue weighted by Crippen LogP contribution is -2.62. The summed E-state index contributed by atoms with van der Waals surface area (Å²) in [5.41, 5.74) is -4.31. The zero-order valence-corrected chi connectivity index (χ0v) is 11.6. The highest BCUT2D eigenvalue weighted by molar-refractivity contribution is 8.00. The molecular formula is C11H17F3N2O2S. The number of hydrogen-bond donors (Lipinski definition) is 1. The van der Waals surface area contributed by atoms with Gasteiger partial charge in [0.25, 0.3) is 0 Å². The van der Waals surface area contributed by atoms with Gasteiger partial charge in [-0.3, -0.25) is 9.59 Å². The number of nitrogens with one attached hydrogen (secondary N) is 1. The number of piperazine rings is 1. The summed E-state index contributed by atoms with van der Waals surface area (Å²) in [6.07, 6.45) is 1.22. The molecule has 2 amide bonds. The highest BCUT2D eigenvalue weighted by atomic mass is 32.2. The fourth-order valence-corrected chi connectivity index (χ4v) is 2.45. The van der Waals surface area contributed by atoms with E-state index in [1.807, 2.05) is 6.92 Å². The zero-order chi connectivity index (χ0) is 14.6. The maximum absolute atomic E-state index is 12.1. The monoisotopic (exact) mass is 298 g/mol. The van der Waals surface area contributed by atoms with E-state index in [2.05, 4.69) is 5.32 Å². The van der Waals surface area contributed by atoms with E-state index in [0.29, 0.717) is 6.42 Å². The van der Waals surface area contributed by atoms with Crippen molar-refractivity contribution in [1.82, 2.24) is 10.2 Å². The number of amides is 2. The summed E-state index contributed by atoms with van der Waals surface area (Å²) in [5, 5.41) is 2.59. The van der Waals surface area contributed by atoms with E-state index >= 15 is 0 Å². The lowest BCUT2D eigenvalue weighted by molar-refractivity contribution is -0.148. The lowest BCUT2D eigenvalue weighted by Gasteiger charge is -2.37. The quantitative estimate of drug-likeness (QED) is 0.841. The van der Waals surface area contributed by atoms with Crippen LogP contribution in [0.4, 0.5) is 13.2 Å². The summed E-state index contributed by atoms with van der Waals surface area (Å²) in [4.78, 5) is 24.9. The Morgan fingerprint density at radius 1 is 1.37 bits per heavy atom. The molecule has 0 saturated carbocycles. The summed E-state index contributed by atoms with van der Waals surface area (Å²) >= 11 is -0.178. The van der Waals surface area contributed by atoms with Crippen LogP contribution in [-0.4, -0.2) is 46.6 Å². The second-order valence-corrected chi connectivity index (χ2v) is 5.51. The number of carbonyl (C=O) groups excluding carboxylic acids is 2. The molecule has 4 nitrogen and oxygen atoms in total. The van der Waals surface area contributed by atoms with E-state index in [1.165, 1.54) is 11.8 Å². The van der Waals surface area contributed by atoms with Crippen LogP contribution in [0.15, 0.2) is 0 Å². The molecule has 0 bridgehead atoms. The predicted octanol–water partition coefficient (Wildman–Crippen LogP) is 1.75. The van der Waals surface area contributed by atoms with Crippen LogP contribution in [0, 0.1) is 0 Å². The molecule has 1 rings (SSSR count). The van der Waals surface area contributed by atoms with E-state index in [9.17, 15) is 22.8 Å². The second kappa shape index (κ2) is 6.49. The first-order chi connectivity index (χ1) is 8.76. The molecule has 8 heteroatoms. The number of alkyl halides is 3. The van der Waals surface area contributed by atoms with Crippen LogP contribution in [0.2, 0.25) is 0 Å². The van der Waals surface area contributed by atoms with E-state index in [0.717, 1.165) is 6.42 Å². The molecule has 2 unspecified atom stereocenters. The Morgan fingerprint density at radius 2 is 2.00 bits per heavy atom. The predicted molar refractivity (Wildman–Crippen MR) is 66.5 cm³/mol. The molecule has 1 aliphatic heterocycles. The van der Waals surface area contributed by atoms with Crippen molar-refractivity contribution in [1.29, 1.82) is 0 Å². The van der Waals surface area contributed by atoms with Gasteiger partial charge in [-0.15, -0.1) is 0 Å². The maximum atomic E-state index is 12.1. The average Bonchev–Trinajstić information content (AvgIpc) is 2.29. The largest absolute Gasteiger partial charge is 0.441 e. The molecular weight excluding hydrogens is 281 g/mol. The first-order valence-electron chi connectivity index (χ1n) is 6.07. The number of nitrogens with zero attached hydrogens (tertiary/aromatic N) is 1. The van der Waals surface area contributed by atoms with Crippen molar-refractivity contribution in [3.05, 3.63) is 0 Å². The van der Waals surface area contributed by atoms with Gasteiger partial charge in [0.15, 0.2) is 0 Å². The van der Waals surface area contributed by atoms with Gasteiger partial charge in [0.05, 0.1) is 0 Å². The molecule has 1 fully saturated rings. The van der Waals surface area contributed by atoms with E-state index in [-0.39, 0.29) is 35.9 Å². The number of rotatable bonds is 5. The Balaban J connectivity index is 2.62. The molecule has 1 heterocycles. The summed E-state index contributed by atoms with van der Waals surface area (Å²) in [5.74, 6) is -0.863. The van der Waals surface area contributed by atoms with Gasteiger partial charge in [-0.1, -0.05) is 13.3 Å². The summed E-state index contributed by atoms with van der Waals surface area (Å²) in [7, 11) is 0. The molecule has 0 radical (unpaired) electrons. The first-order valence-corrected chi connectivity index (χ1v) is 7.06. The Labute approximate surface area is 114 Å². The van der Waals surface area contributed by atoms with Gasteiger partial charge >= 0.3 is 5.51 Å². The van der Waals surface area contributed by atoms with Crippen molar-refractivity contribution >= 4 is 23.6 Å². The smallest absolute Gasteiger partial charge is 0.343 e. The van der Waals surface area contributed by atoms with Crippen molar-refractivity contribution in [2.75, 3.05) is 12.3 Å². The van der Waals surface area contributed by atoms with Gasteiger partial charge < -0.3 is 10.2 Å². The molecule has 0 aliphatic carbocycles. The van der Waals surface area contributed by atoms with Crippen molar-refractivity contribution in [3.63, 3.8) is 0 Å². The molecule has 0 aromatic heterocycles. The third kappa shape index (κ3) is 4.59. The molecule has 1 saturated heterocycles. The Bertz CT molecular complexity index is 349. The minimum atomic E-state index is -4.31.